The van der Waals surface area contributed by atoms with Gasteiger partial charge in [-0.05, 0) is 97.2 Å². The van der Waals surface area contributed by atoms with Gasteiger partial charge in [0.2, 0.25) is 0 Å². The van der Waals surface area contributed by atoms with Gasteiger partial charge in [0.05, 0.1) is 0 Å². The lowest BCUT2D eigenvalue weighted by atomic mass is 9.46. The molecule has 0 radical (unpaired) electrons. The number of hydrogen-bond acceptors (Lipinski definition) is 1. The summed E-state index contributed by atoms with van der Waals surface area (Å²) >= 11 is 4.83. The van der Waals surface area contributed by atoms with Crippen molar-refractivity contribution in [1.82, 2.24) is 0 Å². The second-order valence-corrected chi connectivity index (χ2v) is 11.8. The predicted molar refractivity (Wildman–Crippen MR) is 123 cm³/mol. The maximum atomic E-state index is 4.83. The normalized spacial score (nSPS) is 49.5. The summed E-state index contributed by atoms with van der Waals surface area (Å²) in [5.74, 6) is 6.19. The molecule has 0 aromatic heterocycles. The summed E-state index contributed by atoms with van der Waals surface area (Å²) in [6, 6.07) is 0. The third-order valence-corrected chi connectivity index (χ3v) is 10.4. The van der Waals surface area contributed by atoms with Crippen LogP contribution < -0.4 is 0 Å². The first-order chi connectivity index (χ1) is 12.8. The number of thiol groups is 1. The van der Waals surface area contributed by atoms with E-state index in [2.05, 4.69) is 46.8 Å². The van der Waals surface area contributed by atoms with Crippen molar-refractivity contribution in [2.75, 3.05) is 0 Å². The van der Waals surface area contributed by atoms with Crippen LogP contribution in [0.25, 0.3) is 0 Å². The van der Waals surface area contributed by atoms with Gasteiger partial charge in [-0.2, -0.15) is 12.6 Å². The Bertz CT molecular complexity index is 536. The minimum absolute atomic E-state index is 0.557. The summed E-state index contributed by atoms with van der Waals surface area (Å²) in [7, 11) is 0. The van der Waals surface area contributed by atoms with Crippen LogP contribution in [0.2, 0.25) is 0 Å². The Morgan fingerprint density at radius 3 is 2.15 bits per heavy atom. The minimum atomic E-state index is 0.557. The maximum Gasteiger partial charge on any atom is 0.00228 e. The predicted octanol–water partition coefficient (Wildman–Crippen LogP) is 8.04. The fourth-order valence-electron chi connectivity index (χ4n) is 7.97. The average Bonchev–Trinajstić information content (AvgIpc) is 3.00. The zero-order valence-corrected chi connectivity index (χ0v) is 20.1. The van der Waals surface area contributed by atoms with E-state index in [9.17, 15) is 0 Å². The lowest BCUT2D eigenvalue weighted by Gasteiger charge is -2.59. The third kappa shape index (κ3) is 3.47. The van der Waals surface area contributed by atoms with E-state index in [4.69, 9.17) is 12.6 Å². The van der Waals surface area contributed by atoms with E-state index in [1.54, 1.807) is 0 Å². The molecule has 0 saturated heterocycles. The van der Waals surface area contributed by atoms with Crippen molar-refractivity contribution in [3.63, 3.8) is 0 Å². The molecule has 9 unspecified atom stereocenters. The molecule has 3 saturated carbocycles. The van der Waals surface area contributed by atoms with Gasteiger partial charge in [0.15, 0.2) is 0 Å². The maximum absolute atomic E-state index is 4.83. The molecule has 0 nitrogen and oxygen atoms in total. The summed E-state index contributed by atoms with van der Waals surface area (Å²) in [6.45, 7) is 16.7. The molecule has 0 spiro atoms. The Kier molecular flexibility index (Phi) is 6.52. The van der Waals surface area contributed by atoms with Gasteiger partial charge in [-0.25, -0.2) is 0 Å². The van der Waals surface area contributed by atoms with Crippen molar-refractivity contribution in [3.8, 4) is 0 Å². The molecular formula is C26H46S. The first-order valence-electron chi connectivity index (χ1n) is 12.1. The largest absolute Gasteiger partial charge is 0.176 e. The molecule has 27 heavy (non-hydrogen) atoms. The molecule has 4 rings (SSSR count). The molecule has 1 heteroatoms. The minimum Gasteiger partial charge on any atom is -0.176 e. The molecule has 4 aliphatic rings. The van der Waals surface area contributed by atoms with Gasteiger partial charge in [0, 0.05) is 5.25 Å². The molecular weight excluding hydrogens is 344 g/mol. The topological polar surface area (TPSA) is 0 Å². The molecule has 0 aromatic carbocycles. The van der Waals surface area contributed by atoms with Gasteiger partial charge in [-0.1, -0.05) is 60.6 Å². The Morgan fingerprint density at radius 1 is 0.852 bits per heavy atom. The number of hydrogen-bond donors (Lipinski definition) is 1. The second-order valence-electron chi connectivity index (χ2n) is 11.0. The standard InChI is InChI=1S/C24H40S.C2H6/c1-15(2)16(3)20-8-9-21-19-7-6-17-14-18(25)10-12-23(17,4)22(19)11-13-24(20,21)5;1-2/h6-7,15-22,25H,8-14H2,1-5H3;1-2H3. The smallest absolute Gasteiger partial charge is 0.00228 e. The second kappa shape index (κ2) is 8.08. The fourth-order valence-corrected chi connectivity index (χ4v) is 8.32. The van der Waals surface area contributed by atoms with Crippen LogP contribution in [0.4, 0.5) is 0 Å². The van der Waals surface area contributed by atoms with Crippen molar-refractivity contribution in [3.05, 3.63) is 12.2 Å². The van der Waals surface area contributed by atoms with Gasteiger partial charge in [0.25, 0.3) is 0 Å². The summed E-state index contributed by atoms with van der Waals surface area (Å²) in [5.41, 5.74) is 1.15. The van der Waals surface area contributed by atoms with E-state index in [-0.39, 0.29) is 0 Å². The quantitative estimate of drug-likeness (QED) is 0.358. The van der Waals surface area contributed by atoms with E-state index in [0.29, 0.717) is 16.1 Å². The zero-order valence-electron chi connectivity index (χ0n) is 19.2. The van der Waals surface area contributed by atoms with Gasteiger partial charge in [0.1, 0.15) is 0 Å². The average molecular weight is 391 g/mol. The van der Waals surface area contributed by atoms with Crippen LogP contribution in [0.1, 0.15) is 93.4 Å². The van der Waals surface area contributed by atoms with Crippen molar-refractivity contribution in [1.29, 1.82) is 0 Å². The molecule has 0 heterocycles. The molecule has 0 amide bonds. The highest BCUT2D eigenvalue weighted by Crippen LogP contribution is 2.67. The molecule has 3 fully saturated rings. The van der Waals surface area contributed by atoms with Crippen LogP contribution in [0, 0.1) is 52.3 Å². The van der Waals surface area contributed by atoms with Gasteiger partial charge >= 0.3 is 0 Å². The summed E-state index contributed by atoms with van der Waals surface area (Å²) < 4.78 is 0. The monoisotopic (exact) mass is 390 g/mol. The number of rotatable bonds is 2. The summed E-state index contributed by atoms with van der Waals surface area (Å²) in [5, 5.41) is 0.635. The van der Waals surface area contributed by atoms with E-state index < -0.39 is 0 Å². The Hall–Kier alpha value is 0.0900. The number of fused-ring (bicyclic) bond motifs is 5. The SMILES string of the molecule is CC.CC(C)C(C)C1CCC2C3C=CC4CC(S)CCC4(C)C3CCC12C. The van der Waals surface area contributed by atoms with E-state index in [1.165, 1.54) is 44.9 Å². The van der Waals surface area contributed by atoms with Crippen LogP contribution in [-0.4, -0.2) is 5.25 Å². The van der Waals surface area contributed by atoms with Crippen molar-refractivity contribution in [2.24, 2.45) is 52.3 Å². The van der Waals surface area contributed by atoms with Crippen LogP contribution >= 0.6 is 12.6 Å². The highest BCUT2D eigenvalue weighted by atomic mass is 32.1. The summed E-state index contributed by atoms with van der Waals surface area (Å²) in [6.07, 6.45) is 15.3. The molecule has 0 aliphatic heterocycles. The molecule has 0 N–H and O–H groups in total. The highest BCUT2D eigenvalue weighted by Gasteiger charge is 2.59. The first kappa shape index (κ1) is 21.8. The highest BCUT2D eigenvalue weighted by molar-refractivity contribution is 7.80. The molecule has 9 atom stereocenters. The lowest BCUT2D eigenvalue weighted by Crippen LogP contribution is -2.52. The Balaban J connectivity index is 0.00000102. The van der Waals surface area contributed by atoms with Gasteiger partial charge in [-0.3, -0.25) is 0 Å². The van der Waals surface area contributed by atoms with Gasteiger partial charge in [-0.15, -0.1) is 0 Å². The third-order valence-electron chi connectivity index (χ3n) is 9.89. The zero-order chi connectivity index (χ0) is 20.0. The summed E-state index contributed by atoms with van der Waals surface area (Å²) in [4.78, 5) is 0. The van der Waals surface area contributed by atoms with Crippen LogP contribution in [0.5, 0.6) is 0 Å². The van der Waals surface area contributed by atoms with Crippen LogP contribution in [-0.2, 0) is 0 Å². The van der Waals surface area contributed by atoms with Crippen LogP contribution in [0.15, 0.2) is 12.2 Å². The number of allylic oxidation sites excluding steroid dienone is 2. The Morgan fingerprint density at radius 2 is 1.48 bits per heavy atom. The van der Waals surface area contributed by atoms with Crippen molar-refractivity contribution >= 4 is 12.6 Å². The molecule has 0 aromatic rings. The molecule has 156 valence electrons. The first-order valence-corrected chi connectivity index (χ1v) is 12.7. The van der Waals surface area contributed by atoms with E-state index in [0.717, 1.165) is 41.4 Å². The van der Waals surface area contributed by atoms with E-state index in [1.807, 2.05) is 13.8 Å². The van der Waals surface area contributed by atoms with Crippen LogP contribution in [0.3, 0.4) is 0 Å². The molecule has 0 bridgehead atoms. The fraction of sp³-hybridized carbons (Fsp3) is 0.923. The van der Waals surface area contributed by atoms with E-state index >= 15 is 0 Å². The van der Waals surface area contributed by atoms with Crippen molar-refractivity contribution < 1.29 is 0 Å². The van der Waals surface area contributed by atoms with Crippen molar-refractivity contribution in [2.45, 2.75) is 98.7 Å². The van der Waals surface area contributed by atoms with Gasteiger partial charge < -0.3 is 0 Å². The molecule has 4 aliphatic carbocycles. The lowest BCUT2D eigenvalue weighted by molar-refractivity contribution is -0.0656. The Labute approximate surface area is 175 Å².